The maximum absolute atomic E-state index is 14.1. The molecule has 1 aliphatic carbocycles. The summed E-state index contributed by atoms with van der Waals surface area (Å²) in [4.78, 5) is 4.59. The van der Waals surface area contributed by atoms with E-state index in [-0.39, 0.29) is 35.2 Å². The molecular formula is C18H26FIN6. The van der Waals surface area contributed by atoms with Crippen molar-refractivity contribution < 1.29 is 4.39 Å². The van der Waals surface area contributed by atoms with Crippen molar-refractivity contribution in [1.29, 1.82) is 0 Å². The third-order valence-electron chi connectivity index (χ3n) is 4.65. The van der Waals surface area contributed by atoms with Crippen LogP contribution in [0.2, 0.25) is 0 Å². The topological polar surface area (TPSA) is 67.1 Å². The van der Waals surface area contributed by atoms with Gasteiger partial charge in [-0.05, 0) is 38.3 Å². The Morgan fingerprint density at radius 2 is 2.04 bits per heavy atom. The van der Waals surface area contributed by atoms with Gasteiger partial charge in [-0.3, -0.25) is 0 Å². The Labute approximate surface area is 170 Å². The third-order valence-corrected chi connectivity index (χ3v) is 4.65. The molecular weight excluding hydrogens is 446 g/mol. The predicted molar refractivity (Wildman–Crippen MR) is 111 cm³/mol. The fourth-order valence-corrected chi connectivity index (χ4v) is 2.99. The van der Waals surface area contributed by atoms with Gasteiger partial charge >= 0.3 is 0 Å². The van der Waals surface area contributed by atoms with Crippen LogP contribution in [-0.2, 0) is 18.5 Å². The van der Waals surface area contributed by atoms with Crippen molar-refractivity contribution in [2.45, 2.75) is 45.2 Å². The summed E-state index contributed by atoms with van der Waals surface area (Å²) in [6.45, 7) is 6.77. The second-order valence-corrected chi connectivity index (χ2v) is 6.34. The summed E-state index contributed by atoms with van der Waals surface area (Å²) in [5.74, 6) is 1.42. The van der Waals surface area contributed by atoms with E-state index in [9.17, 15) is 4.39 Å². The van der Waals surface area contributed by atoms with E-state index in [4.69, 9.17) is 0 Å². The zero-order valence-corrected chi connectivity index (χ0v) is 17.5. The van der Waals surface area contributed by atoms with E-state index < -0.39 is 0 Å². The van der Waals surface area contributed by atoms with Gasteiger partial charge in [0, 0.05) is 25.0 Å². The number of hydrogen-bond acceptors (Lipinski definition) is 3. The number of aryl methyl sites for hydroxylation is 1. The number of hydrogen-bond donors (Lipinski definition) is 2. The molecule has 0 atom stereocenters. The van der Waals surface area contributed by atoms with Gasteiger partial charge in [0.2, 0.25) is 0 Å². The van der Waals surface area contributed by atoms with E-state index in [1.54, 1.807) is 12.4 Å². The summed E-state index contributed by atoms with van der Waals surface area (Å²) >= 11 is 0. The van der Waals surface area contributed by atoms with Crippen LogP contribution in [0.1, 0.15) is 38.1 Å². The first kappa shape index (κ1) is 20.6. The van der Waals surface area contributed by atoms with Gasteiger partial charge < -0.3 is 15.2 Å². The molecule has 2 aromatic rings. The Kier molecular flexibility index (Phi) is 7.36. The zero-order valence-electron chi connectivity index (χ0n) is 15.2. The maximum Gasteiger partial charge on any atom is 0.191 e. The Bertz CT molecular complexity index is 741. The van der Waals surface area contributed by atoms with E-state index in [0.29, 0.717) is 13.1 Å². The highest BCUT2D eigenvalue weighted by Gasteiger charge is 2.45. The average Bonchev–Trinajstić information content (AvgIpc) is 3.27. The fourth-order valence-electron chi connectivity index (χ4n) is 2.99. The largest absolute Gasteiger partial charge is 0.357 e. The van der Waals surface area contributed by atoms with Gasteiger partial charge in [-0.15, -0.1) is 34.2 Å². The molecule has 1 aromatic heterocycles. The molecule has 8 heteroatoms. The first-order chi connectivity index (χ1) is 12.2. The first-order valence-corrected chi connectivity index (χ1v) is 8.82. The lowest BCUT2D eigenvalue weighted by Gasteiger charge is -2.19. The molecule has 0 aliphatic heterocycles. The summed E-state index contributed by atoms with van der Waals surface area (Å²) in [7, 11) is 0. The van der Waals surface area contributed by atoms with Crippen LogP contribution in [-0.4, -0.2) is 33.8 Å². The lowest BCUT2D eigenvalue weighted by Crippen LogP contribution is -2.41. The van der Waals surface area contributed by atoms with Gasteiger partial charge in [-0.25, -0.2) is 9.38 Å². The molecule has 0 unspecified atom stereocenters. The summed E-state index contributed by atoms with van der Waals surface area (Å²) in [6.07, 6.45) is 3.69. The quantitative estimate of drug-likeness (QED) is 0.370. The van der Waals surface area contributed by atoms with Crippen molar-refractivity contribution in [1.82, 2.24) is 25.4 Å². The molecule has 6 nitrogen and oxygen atoms in total. The van der Waals surface area contributed by atoms with Gasteiger partial charge in [0.1, 0.15) is 18.7 Å². The van der Waals surface area contributed by atoms with Crippen LogP contribution >= 0.6 is 24.0 Å². The predicted octanol–water partition coefficient (Wildman–Crippen LogP) is 2.84. The molecule has 0 amide bonds. The van der Waals surface area contributed by atoms with Crippen molar-refractivity contribution in [3.05, 3.63) is 47.8 Å². The normalized spacial score (nSPS) is 15.3. The molecule has 2 N–H and O–H groups in total. The van der Waals surface area contributed by atoms with Crippen LogP contribution in [0.3, 0.4) is 0 Å². The van der Waals surface area contributed by atoms with Crippen LogP contribution < -0.4 is 10.6 Å². The van der Waals surface area contributed by atoms with Crippen molar-refractivity contribution in [3.63, 3.8) is 0 Å². The summed E-state index contributed by atoms with van der Waals surface area (Å²) in [6, 6.07) is 7.05. The minimum Gasteiger partial charge on any atom is -0.357 e. The van der Waals surface area contributed by atoms with Crippen LogP contribution in [0.15, 0.2) is 35.6 Å². The second-order valence-electron chi connectivity index (χ2n) is 6.34. The maximum atomic E-state index is 14.1. The molecule has 1 fully saturated rings. The van der Waals surface area contributed by atoms with Crippen molar-refractivity contribution >= 4 is 29.9 Å². The molecule has 26 heavy (non-hydrogen) atoms. The molecule has 0 saturated heterocycles. The monoisotopic (exact) mass is 472 g/mol. The van der Waals surface area contributed by atoms with E-state index in [2.05, 4.69) is 25.8 Å². The number of nitrogens with one attached hydrogen (secondary N) is 2. The number of guanidine groups is 1. The minimum atomic E-state index is -0.125. The number of aliphatic imine (C=N–C) groups is 1. The molecule has 0 spiro atoms. The standard InChI is InChI=1S/C18H25FN6.HI/c1-3-20-17(21-11-16-24-23-13-25(16)4-2)22-12-18(9-10-18)14-7-5-6-8-15(14)19;/h5-8,13H,3-4,9-12H2,1-2H3,(H2,20,21,22);1H. The molecule has 0 radical (unpaired) electrons. The second kappa shape index (κ2) is 9.29. The van der Waals surface area contributed by atoms with E-state index in [1.165, 1.54) is 6.07 Å². The van der Waals surface area contributed by atoms with E-state index >= 15 is 0 Å². The molecule has 1 heterocycles. The molecule has 1 saturated carbocycles. The van der Waals surface area contributed by atoms with Crippen LogP contribution in [0.5, 0.6) is 0 Å². The summed E-state index contributed by atoms with van der Waals surface area (Å²) in [5, 5.41) is 14.6. The molecule has 1 aliphatic rings. The summed E-state index contributed by atoms with van der Waals surface area (Å²) in [5.41, 5.74) is 0.675. The van der Waals surface area contributed by atoms with Crippen LogP contribution in [0.4, 0.5) is 4.39 Å². The molecule has 142 valence electrons. The Morgan fingerprint density at radius 3 is 2.69 bits per heavy atom. The average molecular weight is 472 g/mol. The highest BCUT2D eigenvalue weighted by Crippen LogP contribution is 2.48. The molecule has 3 rings (SSSR count). The highest BCUT2D eigenvalue weighted by molar-refractivity contribution is 14.0. The number of rotatable bonds is 7. The first-order valence-electron chi connectivity index (χ1n) is 8.82. The lowest BCUT2D eigenvalue weighted by atomic mass is 9.95. The Morgan fingerprint density at radius 1 is 1.27 bits per heavy atom. The lowest BCUT2D eigenvalue weighted by molar-refractivity contribution is 0.559. The zero-order chi connectivity index (χ0) is 17.7. The van der Waals surface area contributed by atoms with Crippen molar-refractivity contribution in [2.75, 3.05) is 13.1 Å². The van der Waals surface area contributed by atoms with Gasteiger partial charge in [0.15, 0.2) is 11.8 Å². The smallest absolute Gasteiger partial charge is 0.191 e. The molecule has 1 aromatic carbocycles. The van der Waals surface area contributed by atoms with E-state index in [1.807, 2.05) is 30.5 Å². The third kappa shape index (κ3) is 4.72. The number of nitrogens with zero attached hydrogens (tertiary/aromatic N) is 4. The molecule has 0 bridgehead atoms. The highest BCUT2D eigenvalue weighted by atomic mass is 127. The number of benzene rings is 1. The number of aromatic nitrogens is 3. The fraction of sp³-hybridized carbons (Fsp3) is 0.500. The van der Waals surface area contributed by atoms with Crippen molar-refractivity contribution in [3.8, 4) is 0 Å². The van der Waals surface area contributed by atoms with Gasteiger partial charge in [0.05, 0.1) is 0 Å². The van der Waals surface area contributed by atoms with E-state index in [0.717, 1.165) is 43.3 Å². The van der Waals surface area contributed by atoms with Gasteiger partial charge in [-0.1, -0.05) is 18.2 Å². The number of halogens is 2. The SMILES string of the molecule is CCNC(=NCc1nncn1CC)NCC1(c2ccccc2F)CC1.I. The van der Waals surface area contributed by atoms with Crippen molar-refractivity contribution in [2.24, 2.45) is 4.99 Å². The van der Waals surface area contributed by atoms with Crippen LogP contribution in [0, 0.1) is 5.82 Å². The van der Waals surface area contributed by atoms with Gasteiger partial charge in [-0.2, -0.15) is 0 Å². The summed E-state index contributed by atoms with van der Waals surface area (Å²) < 4.78 is 16.1. The van der Waals surface area contributed by atoms with Gasteiger partial charge in [0.25, 0.3) is 0 Å². The van der Waals surface area contributed by atoms with Crippen LogP contribution in [0.25, 0.3) is 0 Å². The minimum absolute atomic E-state index is 0. The Hall–Kier alpha value is -1.71. The Balaban J connectivity index is 0.00000243.